The Morgan fingerprint density at radius 2 is 2.42 bits per heavy atom. The van der Waals surface area contributed by atoms with Crippen LogP contribution in [0.25, 0.3) is 0 Å². The van der Waals surface area contributed by atoms with Gasteiger partial charge in [-0.15, -0.1) is 0 Å². The summed E-state index contributed by atoms with van der Waals surface area (Å²) in [5, 5.41) is 3.80. The first-order valence-corrected chi connectivity index (χ1v) is 4.99. The third-order valence-electron chi connectivity index (χ3n) is 1.97. The van der Waals surface area contributed by atoms with Gasteiger partial charge < -0.3 is 5.32 Å². The molecule has 4 heteroatoms. The fourth-order valence-corrected chi connectivity index (χ4v) is 1.86. The van der Waals surface area contributed by atoms with Crippen LogP contribution in [0.4, 0.5) is 0 Å². The Labute approximate surface area is 84.5 Å². The lowest BCUT2D eigenvalue weighted by molar-refractivity contribution is 0.627. The van der Waals surface area contributed by atoms with Crippen LogP contribution in [-0.4, -0.2) is 11.5 Å². The number of nitrogens with one attached hydrogen (secondary N) is 1. The van der Waals surface area contributed by atoms with Gasteiger partial charge in [-0.3, -0.25) is 0 Å². The molecule has 0 amide bonds. The summed E-state index contributed by atoms with van der Waals surface area (Å²) in [6.45, 7) is 1.87. The van der Waals surface area contributed by atoms with Crippen LogP contribution < -0.4 is 5.32 Å². The van der Waals surface area contributed by atoms with Gasteiger partial charge in [0.15, 0.2) is 0 Å². The van der Waals surface area contributed by atoms with E-state index in [1.165, 1.54) is 5.56 Å². The molecular formula is C8H8BrClN2. The van der Waals surface area contributed by atoms with Crippen molar-refractivity contribution in [3.8, 4) is 0 Å². The normalized spacial score (nSPS) is 15.8. The smallest absolute Gasteiger partial charge is 0.143 e. The Hall–Kier alpha value is -0.120. The fourth-order valence-electron chi connectivity index (χ4n) is 1.34. The van der Waals surface area contributed by atoms with Crippen molar-refractivity contribution in [3.05, 3.63) is 26.9 Å². The van der Waals surface area contributed by atoms with Crippen molar-refractivity contribution in [2.24, 2.45) is 0 Å². The first-order chi connectivity index (χ1) is 5.77. The number of pyridine rings is 1. The molecule has 2 nitrogen and oxygen atoms in total. The highest BCUT2D eigenvalue weighted by Crippen LogP contribution is 2.24. The van der Waals surface area contributed by atoms with E-state index in [2.05, 4.69) is 32.3 Å². The molecular weight excluding hydrogens is 239 g/mol. The molecule has 0 aliphatic carbocycles. The lowest BCUT2D eigenvalue weighted by Gasteiger charge is -2.16. The second kappa shape index (κ2) is 3.32. The van der Waals surface area contributed by atoms with Crippen LogP contribution in [-0.2, 0) is 13.0 Å². The topological polar surface area (TPSA) is 24.9 Å². The van der Waals surface area contributed by atoms with Crippen LogP contribution in [0.5, 0.6) is 0 Å². The van der Waals surface area contributed by atoms with E-state index in [0.29, 0.717) is 5.15 Å². The number of aromatic nitrogens is 1. The largest absolute Gasteiger partial charge is 0.311 e. The number of nitrogens with zero attached hydrogens (tertiary/aromatic N) is 1. The zero-order chi connectivity index (χ0) is 8.55. The second-order valence-corrected chi connectivity index (χ2v) is 4.01. The molecule has 0 saturated carbocycles. The molecule has 12 heavy (non-hydrogen) atoms. The molecule has 2 heterocycles. The van der Waals surface area contributed by atoms with Crippen molar-refractivity contribution in [1.82, 2.24) is 10.3 Å². The summed E-state index contributed by atoms with van der Waals surface area (Å²) in [4.78, 5) is 4.27. The van der Waals surface area contributed by atoms with Gasteiger partial charge in [0.05, 0.1) is 10.2 Å². The summed E-state index contributed by atoms with van der Waals surface area (Å²) >= 11 is 9.22. The van der Waals surface area contributed by atoms with Crippen molar-refractivity contribution < 1.29 is 0 Å². The standard InChI is InChI=1S/C8H8BrClN2/c9-6-3-5-1-2-11-4-7(5)12-8(6)10/h3,11H,1-2,4H2. The molecule has 1 aliphatic rings. The minimum absolute atomic E-state index is 0.553. The zero-order valence-corrected chi connectivity index (χ0v) is 8.74. The molecule has 1 aromatic heterocycles. The Balaban J connectivity index is 2.49. The molecule has 1 N–H and O–H groups in total. The average molecular weight is 248 g/mol. The molecule has 0 atom stereocenters. The van der Waals surface area contributed by atoms with E-state index in [-0.39, 0.29) is 0 Å². The maximum Gasteiger partial charge on any atom is 0.143 e. The monoisotopic (exact) mass is 246 g/mol. The third kappa shape index (κ3) is 1.49. The van der Waals surface area contributed by atoms with Crippen molar-refractivity contribution in [3.63, 3.8) is 0 Å². The summed E-state index contributed by atoms with van der Waals surface area (Å²) in [5.74, 6) is 0. The van der Waals surface area contributed by atoms with Crippen LogP contribution in [0.2, 0.25) is 5.15 Å². The Bertz CT molecular complexity index is 283. The van der Waals surface area contributed by atoms with Gasteiger partial charge in [-0.1, -0.05) is 11.6 Å². The first kappa shape index (κ1) is 8.48. The zero-order valence-electron chi connectivity index (χ0n) is 6.40. The third-order valence-corrected chi connectivity index (χ3v) is 3.09. The summed E-state index contributed by atoms with van der Waals surface area (Å²) in [6, 6.07) is 2.06. The number of hydrogen-bond donors (Lipinski definition) is 1. The summed E-state index contributed by atoms with van der Waals surface area (Å²) < 4.78 is 0.893. The van der Waals surface area contributed by atoms with Gasteiger partial charge in [0, 0.05) is 6.54 Å². The van der Waals surface area contributed by atoms with Crippen LogP contribution in [0, 0.1) is 0 Å². The van der Waals surface area contributed by atoms with E-state index >= 15 is 0 Å². The molecule has 0 saturated heterocycles. The molecule has 64 valence electrons. The highest BCUT2D eigenvalue weighted by molar-refractivity contribution is 9.10. The molecule has 0 fully saturated rings. The first-order valence-electron chi connectivity index (χ1n) is 3.82. The van der Waals surface area contributed by atoms with Gasteiger partial charge in [-0.2, -0.15) is 0 Å². The van der Waals surface area contributed by atoms with E-state index in [4.69, 9.17) is 11.6 Å². The maximum absolute atomic E-state index is 5.86. The van der Waals surface area contributed by atoms with Gasteiger partial charge in [-0.25, -0.2) is 4.98 Å². The SMILES string of the molecule is Clc1nc2c(cc1Br)CCNC2. The predicted molar refractivity (Wildman–Crippen MR) is 52.4 cm³/mol. The van der Waals surface area contributed by atoms with Crippen molar-refractivity contribution in [2.75, 3.05) is 6.54 Å². The van der Waals surface area contributed by atoms with E-state index < -0.39 is 0 Å². The molecule has 1 aromatic rings. The van der Waals surface area contributed by atoms with E-state index in [0.717, 1.165) is 29.7 Å². The van der Waals surface area contributed by atoms with Crippen LogP contribution in [0.3, 0.4) is 0 Å². The highest BCUT2D eigenvalue weighted by Gasteiger charge is 2.11. The van der Waals surface area contributed by atoms with Crippen LogP contribution >= 0.6 is 27.5 Å². The minimum atomic E-state index is 0.553. The lowest BCUT2D eigenvalue weighted by Crippen LogP contribution is -2.24. The van der Waals surface area contributed by atoms with E-state index in [1.54, 1.807) is 0 Å². The summed E-state index contributed by atoms with van der Waals surface area (Å²) in [5.41, 5.74) is 2.37. The summed E-state index contributed by atoms with van der Waals surface area (Å²) in [7, 11) is 0. The number of halogens is 2. The molecule has 2 rings (SSSR count). The molecule has 0 spiro atoms. The van der Waals surface area contributed by atoms with Crippen molar-refractivity contribution in [1.29, 1.82) is 0 Å². The molecule has 1 aliphatic heterocycles. The van der Waals surface area contributed by atoms with Crippen LogP contribution in [0.15, 0.2) is 10.5 Å². The van der Waals surface area contributed by atoms with Gasteiger partial charge in [0.25, 0.3) is 0 Å². The molecule has 0 unspecified atom stereocenters. The Morgan fingerprint density at radius 1 is 1.58 bits per heavy atom. The molecule has 0 bridgehead atoms. The van der Waals surface area contributed by atoms with Gasteiger partial charge in [0.1, 0.15) is 5.15 Å². The van der Waals surface area contributed by atoms with E-state index in [9.17, 15) is 0 Å². The predicted octanol–water partition coefficient (Wildman–Crippen LogP) is 2.14. The van der Waals surface area contributed by atoms with Gasteiger partial charge >= 0.3 is 0 Å². The quantitative estimate of drug-likeness (QED) is 0.711. The van der Waals surface area contributed by atoms with Gasteiger partial charge in [-0.05, 0) is 40.5 Å². The Kier molecular flexibility index (Phi) is 2.35. The fraction of sp³-hybridized carbons (Fsp3) is 0.375. The number of fused-ring (bicyclic) bond motifs is 1. The molecule has 0 aromatic carbocycles. The number of hydrogen-bond acceptors (Lipinski definition) is 2. The lowest BCUT2D eigenvalue weighted by atomic mass is 10.1. The Morgan fingerprint density at radius 3 is 3.25 bits per heavy atom. The molecule has 0 radical (unpaired) electrons. The number of rotatable bonds is 0. The van der Waals surface area contributed by atoms with Crippen molar-refractivity contribution >= 4 is 27.5 Å². The average Bonchev–Trinajstić information content (AvgIpc) is 2.07. The summed E-state index contributed by atoms with van der Waals surface area (Å²) in [6.07, 6.45) is 1.04. The highest BCUT2D eigenvalue weighted by atomic mass is 79.9. The maximum atomic E-state index is 5.86. The minimum Gasteiger partial charge on any atom is -0.311 e. The van der Waals surface area contributed by atoms with E-state index in [1.807, 2.05) is 0 Å². The van der Waals surface area contributed by atoms with Crippen molar-refractivity contribution in [2.45, 2.75) is 13.0 Å². The van der Waals surface area contributed by atoms with Crippen LogP contribution in [0.1, 0.15) is 11.3 Å². The second-order valence-electron chi connectivity index (χ2n) is 2.79. The van der Waals surface area contributed by atoms with Gasteiger partial charge in [0.2, 0.25) is 0 Å².